The number of aliphatic imine (C=N–C) groups is 1. The summed E-state index contributed by atoms with van der Waals surface area (Å²) in [6.45, 7) is 10.1. The molecule has 1 fully saturated rings. The molecule has 0 aromatic carbocycles. The number of halogens is 1. The third-order valence-electron chi connectivity index (χ3n) is 3.84. The highest BCUT2D eigenvalue weighted by atomic mass is 127. The van der Waals surface area contributed by atoms with Crippen molar-refractivity contribution in [1.82, 2.24) is 25.5 Å². The quantitative estimate of drug-likeness (QED) is 0.251. The van der Waals surface area contributed by atoms with Crippen LogP contribution in [0.15, 0.2) is 23.5 Å². The van der Waals surface area contributed by atoms with Gasteiger partial charge in [-0.05, 0) is 13.0 Å². The predicted octanol–water partition coefficient (Wildman–Crippen LogP) is 0.418. The number of rotatable bonds is 8. The Morgan fingerprint density at radius 1 is 1.20 bits per heavy atom. The Kier molecular flexibility index (Phi) is 11.4. The van der Waals surface area contributed by atoms with Crippen LogP contribution in [0, 0.1) is 0 Å². The van der Waals surface area contributed by atoms with Gasteiger partial charge in [-0.15, -0.1) is 24.0 Å². The number of guanidine groups is 1. The lowest BCUT2D eigenvalue weighted by molar-refractivity contribution is 0.203. The number of piperazine rings is 1. The van der Waals surface area contributed by atoms with Crippen molar-refractivity contribution in [2.75, 3.05) is 71.0 Å². The monoisotopic (exact) mass is 463 g/mol. The summed E-state index contributed by atoms with van der Waals surface area (Å²) in [5.41, 5.74) is 0. The van der Waals surface area contributed by atoms with E-state index in [0.29, 0.717) is 6.61 Å². The van der Waals surface area contributed by atoms with Crippen molar-refractivity contribution in [1.29, 1.82) is 0 Å². The molecular formula is C16H30IN7O. The largest absolute Gasteiger partial charge is 0.383 e. The van der Waals surface area contributed by atoms with Crippen LogP contribution in [0.2, 0.25) is 0 Å². The lowest BCUT2D eigenvalue weighted by atomic mass is 10.3. The zero-order valence-electron chi connectivity index (χ0n) is 15.1. The number of anilines is 1. The van der Waals surface area contributed by atoms with Gasteiger partial charge in [0.05, 0.1) is 13.2 Å². The average molecular weight is 463 g/mol. The van der Waals surface area contributed by atoms with Gasteiger partial charge in [-0.25, -0.2) is 9.97 Å². The van der Waals surface area contributed by atoms with Gasteiger partial charge >= 0.3 is 0 Å². The number of hydrogen-bond donors (Lipinski definition) is 2. The van der Waals surface area contributed by atoms with Gasteiger partial charge in [0.1, 0.15) is 0 Å². The van der Waals surface area contributed by atoms with E-state index in [0.717, 1.165) is 64.3 Å². The molecule has 8 nitrogen and oxygen atoms in total. The predicted molar refractivity (Wildman–Crippen MR) is 112 cm³/mol. The summed E-state index contributed by atoms with van der Waals surface area (Å²) in [4.78, 5) is 17.9. The number of ether oxygens (including phenoxy) is 1. The normalized spacial score (nSPS) is 15.6. The molecule has 0 spiro atoms. The molecule has 1 aliphatic rings. The first-order chi connectivity index (χ1) is 11.8. The molecule has 1 aliphatic heterocycles. The number of nitrogens with one attached hydrogen (secondary N) is 2. The standard InChI is InChI=1S/C16H29N7O.HI/c1-3-17-15(19-8-14-24-2)18-7-9-22-10-12-23(13-11-22)16-20-5-4-6-21-16;/h4-6H,3,7-14H2,1-2H3,(H2,17,18,19);1H. The number of nitrogens with zero attached hydrogens (tertiary/aromatic N) is 5. The van der Waals surface area contributed by atoms with Gasteiger partial charge in [-0.1, -0.05) is 0 Å². The molecule has 0 unspecified atom stereocenters. The topological polar surface area (TPSA) is 77.9 Å². The van der Waals surface area contributed by atoms with Crippen LogP contribution in [0.5, 0.6) is 0 Å². The van der Waals surface area contributed by atoms with Crippen LogP contribution in [0.3, 0.4) is 0 Å². The Hall–Kier alpha value is -1.20. The van der Waals surface area contributed by atoms with Crippen molar-refractivity contribution in [3.8, 4) is 0 Å². The molecule has 25 heavy (non-hydrogen) atoms. The molecule has 0 aliphatic carbocycles. The Morgan fingerprint density at radius 2 is 1.92 bits per heavy atom. The molecule has 142 valence electrons. The second-order valence-electron chi connectivity index (χ2n) is 5.56. The van der Waals surface area contributed by atoms with E-state index in [1.54, 1.807) is 19.5 Å². The van der Waals surface area contributed by atoms with E-state index >= 15 is 0 Å². The Labute approximate surface area is 167 Å². The third-order valence-corrected chi connectivity index (χ3v) is 3.84. The summed E-state index contributed by atoms with van der Waals surface area (Å²) < 4.78 is 5.05. The molecule has 0 atom stereocenters. The third kappa shape index (κ3) is 8.15. The maximum absolute atomic E-state index is 5.05. The van der Waals surface area contributed by atoms with Crippen LogP contribution >= 0.6 is 24.0 Å². The smallest absolute Gasteiger partial charge is 0.225 e. The van der Waals surface area contributed by atoms with Crippen molar-refractivity contribution in [2.24, 2.45) is 4.99 Å². The van der Waals surface area contributed by atoms with E-state index in [2.05, 4.69) is 42.3 Å². The first kappa shape index (κ1) is 21.8. The zero-order chi connectivity index (χ0) is 17.0. The highest BCUT2D eigenvalue weighted by molar-refractivity contribution is 14.0. The van der Waals surface area contributed by atoms with E-state index < -0.39 is 0 Å². The minimum absolute atomic E-state index is 0. The molecule has 0 bridgehead atoms. The Bertz CT molecular complexity index is 481. The van der Waals surface area contributed by atoms with E-state index in [4.69, 9.17) is 4.74 Å². The number of aromatic nitrogens is 2. The summed E-state index contributed by atoms with van der Waals surface area (Å²) in [5, 5.41) is 6.51. The van der Waals surface area contributed by atoms with Crippen molar-refractivity contribution >= 4 is 35.9 Å². The minimum Gasteiger partial charge on any atom is -0.383 e. The fourth-order valence-corrected chi connectivity index (χ4v) is 2.54. The van der Waals surface area contributed by atoms with E-state index in [-0.39, 0.29) is 24.0 Å². The molecule has 1 aromatic heterocycles. The van der Waals surface area contributed by atoms with Gasteiger partial charge < -0.3 is 20.3 Å². The van der Waals surface area contributed by atoms with Gasteiger partial charge in [0, 0.05) is 65.3 Å². The summed E-state index contributed by atoms with van der Waals surface area (Å²) in [5.74, 6) is 1.68. The zero-order valence-corrected chi connectivity index (χ0v) is 17.5. The summed E-state index contributed by atoms with van der Waals surface area (Å²) in [6.07, 6.45) is 3.59. The highest BCUT2D eigenvalue weighted by Crippen LogP contribution is 2.09. The van der Waals surface area contributed by atoms with Gasteiger partial charge in [0.2, 0.25) is 5.95 Å². The van der Waals surface area contributed by atoms with Crippen LogP contribution < -0.4 is 15.5 Å². The van der Waals surface area contributed by atoms with Gasteiger partial charge in [-0.2, -0.15) is 0 Å². The summed E-state index contributed by atoms with van der Waals surface area (Å²) >= 11 is 0. The molecular weight excluding hydrogens is 433 g/mol. The molecule has 1 aromatic rings. The molecule has 0 radical (unpaired) electrons. The van der Waals surface area contributed by atoms with E-state index in [1.165, 1.54) is 0 Å². The minimum atomic E-state index is 0. The Balaban J connectivity index is 0.00000312. The second-order valence-corrected chi connectivity index (χ2v) is 5.56. The van der Waals surface area contributed by atoms with Gasteiger partial charge in [0.25, 0.3) is 0 Å². The SMILES string of the molecule is CCNC(=NCCN1CCN(c2ncccn2)CC1)NCCOC.I. The van der Waals surface area contributed by atoms with Crippen molar-refractivity contribution in [2.45, 2.75) is 6.92 Å². The molecule has 2 rings (SSSR count). The summed E-state index contributed by atoms with van der Waals surface area (Å²) in [7, 11) is 1.70. The Morgan fingerprint density at radius 3 is 2.56 bits per heavy atom. The fraction of sp³-hybridized carbons (Fsp3) is 0.688. The molecule has 0 amide bonds. The van der Waals surface area contributed by atoms with E-state index in [1.807, 2.05) is 6.07 Å². The first-order valence-corrected chi connectivity index (χ1v) is 8.59. The van der Waals surface area contributed by atoms with Gasteiger partial charge in [0.15, 0.2) is 5.96 Å². The van der Waals surface area contributed by atoms with Crippen molar-refractivity contribution in [3.05, 3.63) is 18.5 Å². The lowest BCUT2D eigenvalue weighted by Crippen LogP contribution is -2.48. The van der Waals surface area contributed by atoms with Crippen molar-refractivity contribution in [3.63, 3.8) is 0 Å². The molecule has 1 saturated heterocycles. The second kappa shape index (κ2) is 13.1. The average Bonchev–Trinajstić information content (AvgIpc) is 2.63. The number of hydrogen-bond acceptors (Lipinski definition) is 6. The van der Waals surface area contributed by atoms with Crippen LogP contribution in [0.4, 0.5) is 5.95 Å². The lowest BCUT2D eigenvalue weighted by Gasteiger charge is -2.34. The summed E-state index contributed by atoms with van der Waals surface area (Å²) in [6, 6.07) is 1.85. The highest BCUT2D eigenvalue weighted by Gasteiger charge is 2.18. The van der Waals surface area contributed by atoms with Gasteiger partial charge in [-0.3, -0.25) is 9.89 Å². The maximum atomic E-state index is 5.05. The van der Waals surface area contributed by atoms with Crippen LogP contribution in [-0.2, 0) is 4.74 Å². The first-order valence-electron chi connectivity index (χ1n) is 8.59. The van der Waals surface area contributed by atoms with Crippen molar-refractivity contribution < 1.29 is 4.74 Å². The van der Waals surface area contributed by atoms with Crippen LogP contribution in [0.1, 0.15) is 6.92 Å². The molecule has 0 saturated carbocycles. The van der Waals surface area contributed by atoms with E-state index in [9.17, 15) is 0 Å². The fourth-order valence-electron chi connectivity index (χ4n) is 2.54. The molecule has 9 heteroatoms. The maximum Gasteiger partial charge on any atom is 0.225 e. The number of methoxy groups -OCH3 is 1. The molecule has 2 heterocycles. The molecule has 2 N–H and O–H groups in total. The van der Waals surface area contributed by atoms with Crippen LogP contribution in [0.25, 0.3) is 0 Å². The van der Waals surface area contributed by atoms with Crippen LogP contribution in [-0.4, -0.2) is 86.9 Å².